The maximum atomic E-state index is 12.8. The number of carbonyl (C=O) groups is 2. The highest BCUT2D eigenvalue weighted by atomic mass is 32.2. The molecule has 0 saturated carbocycles. The molecular weight excluding hydrogens is 384 g/mol. The SMILES string of the molecule is Cc1cccc(C)c1NC(=O)CN1C(=O)CSc2c1c(C)nn2-c1ccccc1. The first-order valence-corrected chi connectivity index (χ1v) is 10.4. The average molecular weight is 407 g/mol. The molecule has 1 aliphatic heterocycles. The lowest BCUT2D eigenvalue weighted by Gasteiger charge is -2.27. The molecule has 0 unspecified atom stereocenters. The van der Waals surface area contributed by atoms with Crippen LogP contribution in [0.3, 0.4) is 0 Å². The molecule has 1 N–H and O–H groups in total. The molecule has 0 spiro atoms. The lowest BCUT2D eigenvalue weighted by atomic mass is 10.1. The number of fused-ring (bicyclic) bond motifs is 1. The molecule has 4 rings (SSSR count). The van der Waals surface area contributed by atoms with Gasteiger partial charge in [0, 0.05) is 5.69 Å². The van der Waals surface area contributed by atoms with Gasteiger partial charge in [-0.2, -0.15) is 5.10 Å². The Hall–Kier alpha value is -3.06. The van der Waals surface area contributed by atoms with Gasteiger partial charge in [0.2, 0.25) is 11.8 Å². The summed E-state index contributed by atoms with van der Waals surface area (Å²) < 4.78 is 1.85. The first-order chi connectivity index (χ1) is 14.0. The quantitative estimate of drug-likeness (QED) is 0.714. The van der Waals surface area contributed by atoms with Crippen molar-refractivity contribution < 1.29 is 9.59 Å². The number of amides is 2. The number of hydrogen-bond acceptors (Lipinski definition) is 4. The molecule has 6 nitrogen and oxygen atoms in total. The highest BCUT2D eigenvalue weighted by Gasteiger charge is 2.32. The zero-order valence-corrected chi connectivity index (χ0v) is 17.4. The molecule has 1 aliphatic rings. The summed E-state index contributed by atoms with van der Waals surface area (Å²) in [5.41, 5.74) is 5.16. The van der Waals surface area contributed by atoms with Crippen LogP contribution in [0.15, 0.2) is 53.6 Å². The maximum Gasteiger partial charge on any atom is 0.244 e. The van der Waals surface area contributed by atoms with Gasteiger partial charge < -0.3 is 5.32 Å². The van der Waals surface area contributed by atoms with E-state index in [2.05, 4.69) is 10.4 Å². The summed E-state index contributed by atoms with van der Waals surface area (Å²) in [7, 11) is 0. The Bertz CT molecular complexity index is 1070. The Labute approximate surface area is 173 Å². The van der Waals surface area contributed by atoms with Gasteiger partial charge in [-0.25, -0.2) is 4.68 Å². The number of rotatable bonds is 4. The van der Waals surface area contributed by atoms with Crippen molar-refractivity contribution in [2.24, 2.45) is 0 Å². The van der Waals surface area contributed by atoms with Crippen LogP contribution in [0.25, 0.3) is 5.69 Å². The first-order valence-electron chi connectivity index (χ1n) is 9.40. The molecule has 29 heavy (non-hydrogen) atoms. The van der Waals surface area contributed by atoms with Crippen LogP contribution in [0.1, 0.15) is 16.8 Å². The van der Waals surface area contributed by atoms with E-state index in [0.717, 1.165) is 33.2 Å². The number of para-hydroxylation sites is 2. The van der Waals surface area contributed by atoms with Gasteiger partial charge >= 0.3 is 0 Å². The number of carbonyl (C=O) groups excluding carboxylic acids is 2. The second kappa shape index (κ2) is 7.75. The predicted octanol–water partition coefficient (Wildman–Crippen LogP) is 3.87. The summed E-state index contributed by atoms with van der Waals surface area (Å²) in [5.74, 6) is -0.0305. The van der Waals surface area contributed by atoms with Crippen LogP contribution in [-0.4, -0.2) is 33.9 Å². The van der Waals surface area contributed by atoms with E-state index >= 15 is 0 Å². The van der Waals surface area contributed by atoms with Crippen LogP contribution in [0.5, 0.6) is 0 Å². The van der Waals surface area contributed by atoms with E-state index in [0.29, 0.717) is 5.69 Å². The van der Waals surface area contributed by atoms with Crippen LogP contribution in [-0.2, 0) is 9.59 Å². The molecule has 0 saturated heterocycles. The Morgan fingerprint density at radius 2 is 1.76 bits per heavy atom. The molecular formula is C22H22N4O2S. The number of anilines is 2. The minimum Gasteiger partial charge on any atom is -0.324 e. The highest BCUT2D eigenvalue weighted by Crippen LogP contribution is 2.39. The number of aryl methyl sites for hydroxylation is 3. The highest BCUT2D eigenvalue weighted by molar-refractivity contribution is 8.00. The monoisotopic (exact) mass is 406 g/mol. The van der Waals surface area contributed by atoms with Crippen molar-refractivity contribution in [2.45, 2.75) is 25.8 Å². The molecule has 0 radical (unpaired) electrons. The molecule has 1 aromatic heterocycles. The standard InChI is InChI=1S/C22H22N4O2S/c1-14-8-7-9-15(2)20(14)23-18(27)12-25-19(28)13-29-22-21(25)16(3)24-26(22)17-10-5-4-6-11-17/h4-11H,12-13H2,1-3H3,(H,23,27). The summed E-state index contributed by atoms with van der Waals surface area (Å²) in [6.07, 6.45) is 0. The fraction of sp³-hybridized carbons (Fsp3) is 0.227. The van der Waals surface area contributed by atoms with E-state index in [1.807, 2.05) is 74.0 Å². The van der Waals surface area contributed by atoms with Gasteiger partial charge in [0.15, 0.2) is 0 Å². The van der Waals surface area contributed by atoms with Gasteiger partial charge in [-0.3, -0.25) is 14.5 Å². The van der Waals surface area contributed by atoms with Crippen molar-refractivity contribution >= 4 is 35.0 Å². The number of thioether (sulfide) groups is 1. The number of nitrogens with one attached hydrogen (secondary N) is 1. The van der Waals surface area contributed by atoms with Crippen molar-refractivity contribution in [3.63, 3.8) is 0 Å². The summed E-state index contributed by atoms with van der Waals surface area (Å²) in [6.45, 7) is 5.74. The van der Waals surface area contributed by atoms with Crippen LogP contribution in [0.2, 0.25) is 0 Å². The van der Waals surface area contributed by atoms with E-state index in [9.17, 15) is 9.59 Å². The first kappa shape index (κ1) is 19.3. The fourth-order valence-electron chi connectivity index (χ4n) is 3.52. The van der Waals surface area contributed by atoms with Crippen LogP contribution >= 0.6 is 11.8 Å². The predicted molar refractivity (Wildman–Crippen MR) is 116 cm³/mol. The summed E-state index contributed by atoms with van der Waals surface area (Å²) in [4.78, 5) is 27.0. The molecule has 2 amide bonds. The minimum absolute atomic E-state index is 0.0402. The summed E-state index contributed by atoms with van der Waals surface area (Å²) in [5, 5.41) is 8.49. The van der Waals surface area contributed by atoms with Crippen molar-refractivity contribution in [1.29, 1.82) is 0 Å². The number of nitrogens with zero attached hydrogens (tertiary/aromatic N) is 3. The average Bonchev–Trinajstić information content (AvgIpc) is 3.04. The van der Waals surface area contributed by atoms with Crippen molar-refractivity contribution in [2.75, 3.05) is 22.5 Å². The molecule has 0 atom stereocenters. The lowest BCUT2D eigenvalue weighted by molar-refractivity contribution is -0.120. The fourth-order valence-corrected chi connectivity index (χ4v) is 4.60. The van der Waals surface area contributed by atoms with E-state index in [1.165, 1.54) is 11.8 Å². The zero-order valence-electron chi connectivity index (χ0n) is 16.6. The van der Waals surface area contributed by atoms with E-state index in [-0.39, 0.29) is 24.1 Å². The third-order valence-corrected chi connectivity index (χ3v) is 5.97. The van der Waals surface area contributed by atoms with Crippen molar-refractivity contribution in [3.8, 4) is 5.69 Å². The molecule has 7 heteroatoms. The second-order valence-electron chi connectivity index (χ2n) is 7.07. The van der Waals surface area contributed by atoms with Gasteiger partial charge in [-0.05, 0) is 44.0 Å². The largest absolute Gasteiger partial charge is 0.324 e. The number of benzene rings is 2. The van der Waals surface area contributed by atoms with E-state index in [1.54, 1.807) is 4.90 Å². The smallest absolute Gasteiger partial charge is 0.244 e. The topological polar surface area (TPSA) is 67.2 Å². The van der Waals surface area contributed by atoms with Crippen LogP contribution in [0.4, 0.5) is 11.4 Å². The molecule has 0 bridgehead atoms. The third kappa shape index (κ3) is 3.65. The third-order valence-electron chi connectivity index (χ3n) is 4.94. The van der Waals surface area contributed by atoms with Gasteiger partial charge in [0.25, 0.3) is 0 Å². The van der Waals surface area contributed by atoms with Gasteiger partial charge in [-0.15, -0.1) is 0 Å². The molecule has 0 aliphatic carbocycles. The van der Waals surface area contributed by atoms with E-state index in [4.69, 9.17) is 0 Å². The minimum atomic E-state index is -0.222. The maximum absolute atomic E-state index is 12.8. The lowest BCUT2D eigenvalue weighted by Crippen LogP contribution is -2.41. The van der Waals surface area contributed by atoms with Crippen LogP contribution in [0, 0.1) is 20.8 Å². The van der Waals surface area contributed by atoms with Crippen molar-refractivity contribution in [3.05, 3.63) is 65.4 Å². The number of aromatic nitrogens is 2. The Morgan fingerprint density at radius 1 is 1.07 bits per heavy atom. The Morgan fingerprint density at radius 3 is 2.45 bits per heavy atom. The molecule has 0 fully saturated rings. The summed E-state index contributed by atoms with van der Waals surface area (Å²) in [6, 6.07) is 15.7. The second-order valence-corrected chi connectivity index (χ2v) is 8.03. The Balaban J connectivity index is 1.64. The van der Waals surface area contributed by atoms with E-state index < -0.39 is 0 Å². The zero-order chi connectivity index (χ0) is 20.5. The van der Waals surface area contributed by atoms with Gasteiger partial charge in [-0.1, -0.05) is 48.2 Å². The normalized spacial score (nSPS) is 13.3. The summed E-state index contributed by atoms with van der Waals surface area (Å²) >= 11 is 1.46. The molecule has 2 heterocycles. The number of hydrogen-bond donors (Lipinski definition) is 1. The van der Waals surface area contributed by atoms with Gasteiger partial charge in [0.1, 0.15) is 11.6 Å². The Kier molecular flexibility index (Phi) is 5.15. The molecule has 3 aromatic rings. The van der Waals surface area contributed by atoms with Crippen LogP contribution < -0.4 is 10.2 Å². The molecule has 2 aromatic carbocycles. The molecule has 148 valence electrons. The van der Waals surface area contributed by atoms with Gasteiger partial charge in [0.05, 0.1) is 22.8 Å². The van der Waals surface area contributed by atoms with Crippen molar-refractivity contribution in [1.82, 2.24) is 9.78 Å².